The normalized spacial score (nSPS) is 12.8. The first-order valence-corrected chi connectivity index (χ1v) is 5.76. The molecule has 1 atom stereocenters. The predicted octanol–water partition coefficient (Wildman–Crippen LogP) is 0.870. The van der Waals surface area contributed by atoms with Crippen molar-refractivity contribution in [1.82, 2.24) is 4.90 Å². The third-order valence-corrected chi connectivity index (χ3v) is 2.91. The van der Waals surface area contributed by atoms with Crippen molar-refractivity contribution in [2.24, 2.45) is 0 Å². The van der Waals surface area contributed by atoms with Crippen LogP contribution in [0.15, 0.2) is 24.3 Å². The molecular formula is C13H21NO3. The first kappa shape index (κ1) is 14.0. The molecule has 4 nitrogen and oxygen atoms in total. The van der Waals surface area contributed by atoms with E-state index in [4.69, 9.17) is 9.84 Å². The van der Waals surface area contributed by atoms with Crippen LogP contribution in [-0.2, 0) is 6.54 Å². The second-order valence-electron chi connectivity index (χ2n) is 4.08. The molecule has 0 bridgehead atoms. The highest BCUT2D eigenvalue weighted by molar-refractivity contribution is 5.33. The summed E-state index contributed by atoms with van der Waals surface area (Å²) in [5, 5.41) is 18.2. The highest BCUT2D eigenvalue weighted by atomic mass is 16.5. The van der Waals surface area contributed by atoms with E-state index in [1.54, 1.807) is 7.11 Å². The molecule has 0 heterocycles. The van der Waals surface area contributed by atoms with E-state index in [-0.39, 0.29) is 19.3 Å². The maximum atomic E-state index is 9.25. The number of hydrogen-bond donors (Lipinski definition) is 2. The molecule has 17 heavy (non-hydrogen) atoms. The number of nitrogens with zero attached hydrogens (tertiary/aromatic N) is 1. The summed E-state index contributed by atoms with van der Waals surface area (Å²) in [5.41, 5.74) is 1.08. The zero-order valence-corrected chi connectivity index (χ0v) is 10.5. The molecule has 0 aliphatic carbocycles. The zero-order chi connectivity index (χ0) is 12.7. The van der Waals surface area contributed by atoms with Gasteiger partial charge in [-0.15, -0.1) is 0 Å². The lowest BCUT2D eigenvalue weighted by Crippen LogP contribution is -2.35. The molecule has 1 unspecified atom stereocenters. The molecule has 0 fully saturated rings. The van der Waals surface area contributed by atoms with Crippen molar-refractivity contribution in [2.75, 3.05) is 27.4 Å². The summed E-state index contributed by atoms with van der Waals surface area (Å²) in [6.45, 7) is 0.822. The number of aliphatic hydroxyl groups excluding tert-OH is 2. The van der Waals surface area contributed by atoms with E-state index in [1.165, 1.54) is 0 Å². The Labute approximate surface area is 102 Å². The van der Waals surface area contributed by atoms with Gasteiger partial charge in [-0.3, -0.25) is 4.90 Å². The van der Waals surface area contributed by atoms with Crippen LogP contribution in [0.4, 0.5) is 0 Å². The Bertz CT molecular complexity index is 330. The van der Waals surface area contributed by atoms with Gasteiger partial charge in [0.15, 0.2) is 0 Å². The minimum absolute atomic E-state index is 0.0232. The molecule has 96 valence electrons. The number of para-hydroxylation sites is 1. The number of benzene rings is 1. The van der Waals surface area contributed by atoms with Gasteiger partial charge in [-0.05, 0) is 19.5 Å². The lowest BCUT2D eigenvalue weighted by Gasteiger charge is -2.26. The van der Waals surface area contributed by atoms with Crippen LogP contribution in [0.5, 0.6) is 5.75 Å². The molecule has 0 aliphatic heterocycles. The molecule has 4 heteroatoms. The second kappa shape index (κ2) is 7.27. The summed E-state index contributed by atoms with van der Waals surface area (Å²) < 4.78 is 5.28. The van der Waals surface area contributed by atoms with Gasteiger partial charge >= 0.3 is 0 Å². The van der Waals surface area contributed by atoms with Crippen molar-refractivity contribution in [2.45, 2.75) is 19.0 Å². The van der Waals surface area contributed by atoms with Gasteiger partial charge in [-0.1, -0.05) is 18.2 Å². The van der Waals surface area contributed by atoms with Gasteiger partial charge in [-0.2, -0.15) is 0 Å². The van der Waals surface area contributed by atoms with E-state index in [0.29, 0.717) is 13.0 Å². The van der Waals surface area contributed by atoms with Crippen molar-refractivity contribution in [3.63, 3.8) is 0 Å². The van der Waals surface area contributed by atoms with Gasteiger partial charge in [0.25, 0.3) is 0 Å². The lowest BCUT2D eigenvalue weighted by atomic mass is 10.1. The SMILES string of the molecule is COc1ccccc1CN(C)C(CO)CCO. The predicted molar refractivity (Wildman–Crippen MR) is 67.0 cm³/mol. The Morgan fingerprint density at radius 3 is 2.59 bits per heavy atom. The van der Waals surface area contributed by atoms with E-state index in [9.17, 15) is 5.11 Å². The van der Waals surface area contributed by atoms with Crippen molar-refractivity contribution in [1.29, 1.82) is 0 Å². The average Bonchev–Trinajstić information content (AvgIpc) is 2.36. The molecule has 0 spiro atoms. The van der Waals surface area contributed by atoms with Gasteiger partial charge in [0.05, 0.1) is 13.7 Å². The minimum Gasteiger partial charge on any atom is -0.496 e. The van der Waals surface area contributed by atoms with E-state index < -0.39 is 0 Å². The van der Waals surface area contributed by atoms with E-state index in [0.717, 1.165) is 11.3 Å². The highest BCUT2D eigenvalue weighted by Gasteiger charge is 2.14. The molecule has 0 aromatic heterocycles. The van der Waals surface area contributed by atoms with Crippen LogP contribution in [0.1, 0.15) is 12.0 Å². The maximum absolute atomic E-state index is 9.25. The van der Waals surface area contributed by atoms with Crippen LogP contribution in [0.25, 0.3) is 0 Å². The molecule has 1 aromatic carbocycles. The third kappa shape index (κ3) is 4.00. The van der Waals surface area contributed by atoms with Gasteiger partial charge < -0.3 is 14.9 Å². The van der Waals surface area contributed by atoms with Crippen molar-refractivity contribution in [3.05, 3.63) is 29.8 Å². The summed E-state index contributed by atoms with van der Waals surface area (Å²) in [6.07, 6.45) is 0.572. The van der Waals surface area contributed by atoms with Crippen LogP contribution in [0.2, 0.25) is 0 Å². The molecule has 2 N–H and O–H groups in total. The van der Waals surface area contributed by atoms with Crippen molar-refractivity contribution < 1.29 is 14.9 Å². The number of rotatable bonds is 7. The highest BCUT2D eigenvalue weighted by Crippen LogP contribution is 2.19. The number of hydrogen-bond acceptors (Lipinski definition) is 4. The van der Waals surface area contributed by atoms with Crippen molar-refractivity contribution in [3.8, 4) is 5.75 Å². The van der Waals surface area contributed by atoms with E-state index in [1.807, 2.05) is 36.2 Å². The van der Waals surface area contributed by atoms with Crippen LogP contribution >= 0.6 is 0 Å². The summed E-state index contributed by atoms with van der Waals surface area (Å²) >= 11 is 0. The van der Waals surface area contributed by atoms with E-state index >= 15 is 0 Å². The fraction of sp³-hybridized carbons (Fsp3) is 0.538. The molecule has 0 aliphatic rings. The van der Waals surface area contributed by atoms with Crippen LogP contribution in [0.3, 0.4) is 0 Å². The van der Waals surface area contributed by atoms with Gasteiger partial charge in [0.1, 0.15) is 5.75 Å². The van der Waals surface area contributed by atoms with Crippen LogP contribution in [-0.4, -0.2) is 48.5 Å². The molecule has 0 radical (unpaired) electrons. The standard InChI is InChI=1S/C13H21NO3/c1-14(12(10-16)7-8-15)9-11-5-3-4-6-13(11)17-2/h3-6,12,15-16H,7-10H2,1-2H3. The number of likely N-dealkylation sites (N-methyl/N-ethyl adjacent to an activating group) is 1. The fourth-order valence-corrected chi connectivity index (χ4v) is 1.83. The van der Waals surface area contributed by atoms with Crippen LogP contribution in [0, 0.1) is 0 Å². The van der Waals surface area contributed by atoms with Crippen LogP contribution < -0.4 is 4.74 Å². The Morgan fingerprint density at radius 1 is 1.29 bits per heavy atom. The smallest absolute Gasteiger partial charge is 0.123 e. The zero-order valence-electron chi connectivity index (χ0n) is 10.5. The molecule has 1 aromatic rings. The summed E-state index contributed by atoms with van der Waals surface area (Å²) in [4.78, 5) is 2.02. The van der Waals surface area contributed by atoms with Crippen molar-refractivity contribution >= 4 is 0 Å². The summed E-state index contributed by atoms with van der Waals surface area (Å²) in [5.74, 6) is 0.847. The Hall–Kier alpha value is -1.10. The van der Waals surface area contributed by atoms with Gasteiger partial charge in [-0.25, -0.2) is 0 Å². The average molecular weight is 239 g/mol. The van der Waals surface area contributed by atoms with Gasteiger partial charge in [0.2, 0.25) is 0 Å². The Balaban J connectivity index is 2.68. The third-order valence-electron chi connectivity index (χ3n) is 2.91. The number of aliphatic hydroxyl groups is 2. The molecule has 0 saturated heterocycles. The molecular weight excluding hydrogens is 218 g/mol. The van der Waals surface area contributed by atoms with Gasteiger partial charge in [0, 0.05) is 24.8 Å². The second-order valence-corrected chi connectivity index (χ2v) is 4.08. The Morgan fingerprint density at radius 2 is 2.00 bits per heavy atom. The monoisotopic (exact) mass is 239 g/mol. The molecule has 0 saturated carbocycles. The minimum atomic E-state index is -0.0232. The summed E-state index contributed by atoms with van der Waals surface area (Å²) in [7, 11) is 3.58. The lowest BCUT2D eigenvalue weighted by molar-refractivity contribution is 0.114. The largest absolute Gasteiger partial charge is 0.496 e. The Kier molecular flexibility index (Phi) is 5.97. The topological polar surface area (TPSA) is 52.9 Å². The molecule has 1 rings (SSSR count). The maximum Gasteiger partial charge on any atom is 0.123 e. The fourth-order valence-electron chi connectivity index (χ4n) is 1.83. The van der Waals surface area contributed by atoms with E-state index in [2.05, 4.69) is 0 Å². The molecule has 0 amide bonds. The number of methoxy groups -OCH3 is 1. The first-order chi connectivity index (χ1) is 8.22. The number of ether oxygens (including phenoxy) is 1. The first-order valence-electron chi connectivity index (χ1n) is 5.76. The summed E-state index contributed by atoms with van der Waals surface area (Å²) in [6, 6.07) is 7.79. The quantitative estimate of drug-likeness (QED) is 0.741.